The van der Waals surface area contributed by atoms with Crippen molar-refractivity contribution in [1.82, 2.24) is 20.9 Å². The van der Waals surface area contributed by atoms with Crippen molar-refractivity contribution in [2.45, 2.75) is 51.1 Å². The Morgan fingerprint density at radius 3 is 2.63 bits per heavy atom. The van der Waals surface area contributed by atoms with Gasteiger partial charge in [0.25, 0.3) is 5.91 Å². The number of nitrogens with one attached hydrogen (secondary N) is 3. The Bertz CT molecular complexity index is 749. The first-order valence-corrected chi connectivity index (χ1v) is 10.7. The zero-order valence-electron chi connectivity index (χ0n) is 17.9. The SMILES string of the molecule is CN=C(NCc1cccc(C(=O)NC)c1)NC1CCN(C(=O)C2CCCCC2)C1.I. The number of carbonyl (C=O) groups excluding carboxylic acids is 2. The van der Waals surface area contributed by atoms with E-state index in [1.54, 1.807) is 20.2 Å². The van der Waals surface area contributed by atoms with Crippen molar-refractivity contribution in [1.29, 1.82) is 0 Å². The van der Waals surface area contributed by atoms with Crippen LogP contribution in [-0.2, 0) is 11.3 Å². The Morgan fingerprint density at radius 1 is 1.17 bits per heavy atom. The molecule has 1 aliphatic heterocycles. The number of halogens is 1. The monoisotopic (exact) mass is 527 g/mol. The summed E-state index contributed by atoms with van der Waals surface area (Å²) in [5.74, 6) is 1.19. The number of aliphatic imine (C=N–C) groups is 1. The van der Waals surface area contributed by atoms with Gasteiger partial charge >= 0.3 is 0 Å². The number of rotatable bonds is 5. The van der Waals surface area contributed by atoms with E-state index in [0.29, 0.717) is 24.0 Å². The van der Waals surface area contributed by atoms with Crippen LogP contribution in [0.2, 0.25) is 0 Å². The topological polar surface area (TPSA) is 85.8 Å². The lowest BCUT2D eigenvalue weighted by Crippen LogP contribution is -2.45. The Labute approximate surface area is 196 Å². The van der Waals surface area contributed by atoms with Gasteiger partial charge in [0.1, 0.15) is 0 Å². The third-order valence-corrected chi connectivity index (χ3v) is 5.89. The third kappa shape index (κ3) is 6.58. The lowest BCUT2D eigenvalue weighted by Gasteiger charge is -2.26. The van der Waals surface area contributed by atoms with Gasteiger partial charge in [-0.15, -0.1) is 24.0 Å². The highest BCUT2D eigenvalue weighted by atomic mass is 127. The van der Waals surface area contributed by atoms with Crippen LogP contribution in [-0.4, -0.2) is 55.9 Å². The molecule has 2 fully saturated rings. The van der Waals surface area contributed by atoms with E-state index in [1.807, 2.05) is 23.1 Å². The van der Waals surface area contributed by atoms with E-state index in [4.69, 9.17) is 0 Å². The molecule has 7 nitrogen and oxygen atoms in total. The normalized spacial score (nSPS) is 19.7. The Hall–Kier alpha value is -1.84. The number of carbonyl (C=O) groups is 2. The van der Waals surface area contributed by atoms with Gasteiger partial charge < -0.3 is 20.9 Å². The smallest absolute Gasteiger partial charge is 0.251 e. The van der Waals surface area contributed by atoms with Gasteiger partial charge in [-0.2, -0.15) is 0 Å². The summed E-state index contributed by atoms with van der Waals surface area (Å²) in [5.41, 5.74) is 1.65. The second-order valence-corrected chi connectivity index (χ2v) is 7.95. The van der Waals surface area contributed by atoms with Crippen molar-refractivity contribution >= 4 is 41.8 Å². The Morgan fingerprint density at radius 2 is 1.93 bits per heavy atom. The molecule has 30 heavy (non-hydrogen) atoms. The van der Waals surface area contributed by atoms with Gasteiger partial charge in [-0.3, -0.25) is 14.6 Å². The molecule has 1 saturated heterocycles. The predicted octanol–water partition coefficient (Wildman–Crippen LogP) is 2.51. The number of hydrogen-bond donors (Lipinski definition) is 3. The molecule has 8 heteroatoms. The van der Waals surface area contributed by atoms with Crippen LogP contribution >= 0.6 is 24.0 Å². The number of benzene rings is 1. The second kappa shape index (κ2) is 12.1. The van der Waals surface area contributed by atoms with E-state index < -0.39 is 0 Å². The molecule has 1 unspecified atom stereocenters. The summed E-state index contributed by atoms with van der Waals surface area (Å²) in [4.78, 5) is 30.9. The molecule has 1 aliphatic carbocycles. The molecule has 1 aromatic rings. The number of guanidine groups is 1. The maximum absolute atomic E-state index is 12.7. The Kier molecular flexibility index (Phi) is 9.87. The maximum Gasteiger partial charge on any atom is 0.251 e. The summed E-state index contributed by atoms with van der Waals surface area (Å²) in [6.07, 6.45) is 6.66. The first-order valence-electron chi connectivity index (χ1n) is 10.7. The van der Waals surface area contributed by atoms with Crippen LogP contribution in [0.15, 0.2) is 29.3 Å². The molecule has 0 bridgehead atoms. The molecule has 0 aromatic heterocycles. The zero-order valence-corrected chi connectivity index (χ0v) is 20.3. The fourth-order valence-electron chi connectivity index (χ4n) is 4.23. The van der Waals surface area contributed by atoms with Crippen LogP contribution < -0.4 is 16.0 Å². The first kappa shape index (κ1) is 24.4. The van der Waals surface area contributed by atoms with Gasteiger partial charge in [-0.25, -0.2) is 0 Å². The second-order valence-electron chi connectivity index (χ2n) is 7.95. The first-order chi connectivity index (χ1) is 14.1. The predicted molar refractivity (Wildman–Crippen MR) is 130 cm³/mol. The average Bonchev–Trinajstić information content (AvgIpc) is 3.24. The highest BCUT2D eigenvalue weighted by Gasteiger charge is 2.31. The van der Waals surface area contributed by atoms with E-state index in [9.17, 15) is 9.59 Å². The largest absolute Gasteiger partial charge is 0.355 e. The van der Waals surface area contributed by atoms with Crippen LogP contribution in [0, 0.1) is 5.92 Å². The molecule has 1 atom stereocenters. The number of likely N-dealkylation sites (tertiary alicyclic amines) is 1. The summed E-state index contributed by atoms with van der Waals surface area (Å²) in [5, 5.41) is 9.39. The minimum atomic E-state index is -0.0944. The zero-order chi connectivity index (χ0) is 20.6. The lowest BCUT2D eigenvalue weighted by molar-refractivity contribution is -0.135. The van der Waals surface area contributed by atoms with Gasteiger partial charge in [0, 0.05) is 51.3 Å². The van der Waals surface area contributed by atoms with Gasteiger partial charge in [-0.05, 0) is 37.0 Å². The summed E-state index contributed by atoms with van der Waals surface area (Å²) < 4.78 is 0. The van der Waals surface area contributed by atoms with Crippen molar-refractivity contribution in [3.05, 3.63) is 35.4 Å². The summed E-state index contributed by atoms with van der Waals surface area (Å²) in [7, 11) is 3.37. The van der Waals surface area contributed by atoms with E-state index in [1.165, 1.54) is 19.3 Å². The highest BCUT2D eigenvalue weighted by Crippen LogP contribution is 2.26. The molecular weight excluding hydrogens is 493 g/mol. The van der Waals surface area contributed by atoms with Crippen molar-refractivity contribution in [2.24, 2.45) is 10.9 Å². The molecule has 166 valence electrons. The molecule has 2 aliphatic rings. The van der Waals surface area contributed by atoms with Gasteiger partial charge in [0.2, 0.25) is 5.91 Å². The molecule has 1 saturated carbocycles. The molecule has 1 heterocycles. The molecule has 0 spiro atoms. The van der Waals surface area contributed by atoms with Gasteiger partial charge in [0.15, 0.2) is 5.96 Å². The maximum atomic E-state index is 12.7. The molecule has 2 amide bonds. The minimum Gasteiger partial charge on any atom is -0.355 e. The standard InChI is InChI=1S/C22H33N5O2.HI/c1-23-20(28)18-10-6-7-16(13-18)14-25-22(24-2)26-19-11-12-27(15-19)21(29)17-8-4-3-5-9-17;/h6-7,10,13,17,19H,3-5,8-9,11-12,14-15H2,1-2H3,(H,23,28)(H2,24,25,26);1H. The quantitative estimate of drug-likeness (QED) is 0.312. The highest BCUT2D eigenvalue weighted by molar-refractivity contribution is 14.0. The fourth-order valence-corrected chi connectivity index (χ4v) is 4.23. The van der Waals surface area contributed by atoms with E-state index in [-0.39, 0.29) is 41.8 Å². The van der Waals surface area contributed by atoms with E-state index >= 15 is 0 Å². The summed E-state index contributed by atoms with van der Waals surface area (Å²) >= 11 is 0. The van der Waals surface area contributed by atoms with Crippen LogP contribution in [0.25, 0.3) is 0 Å². The van der Waals surface area contributed by atoms with Crippen molar-refractivity contribution in [2.75, 3.05) is 27.2 Å². The summed E-state index contributed by atoms with van der Waals surface area (Å²) in [6, 6.07) is 7.74. The van der Waals surface area contributed by atoms with E-state index in [0.717, 1.165) is 37.9 Å². The third-order valence-electron chi connectivity index (χ3n) is 5.89. The summed E-state index contributed by atoms with van der Waals surface area (Å²) in [6.45, 7) is 2.13. The van der Waals surface area contributed by atoms with Crippen LogP contribution in [0.3, 0.4) is 0 Å². The van der Waals surface area contributed by atoms with Gasteiger partial charge in [-0.1, -0.05) is 31.4 Å². The van der Waals surface area contributed by atoms with Crippen molar-refractivity contribution < 1.29 is 9.59 Å². The lowest BCUT2D eigenvalue weighted by atomic mass is 9.88. The van der Waals surface area contributed by atoms with E-state index in [2.05, 4.69) is 20.9 Å². The Balaban J connectivity index is 0.00000320. The average molecular weight is 527 g/mol. The molecule has 1 aromatic carbocycles. The molecular formula is C22H34IN5O2. The van der Waals surface area contributed by atoms with Crippen molar-refractivity contribution in [3.8, 4) is 0 Å². The van der Waals surface area contributed by atoms with Gasteiger partial charge in [0.05, 0.1) is 0 Å². The number of nitrogens with zero attached hydrogens (tertiary/aromatic N) is 2. The van der Waals surface area contributed by atoms with Crippen LogP contribution in [0.4, 0.5) is 0 Å². The molecule has 0 radical (unpaired) electrons. The number of amides is 2. The van der Waals surface area contributed by atoms with Crippen molar-refractivity contribution in [3.63, 3.8) is 0 Å². The van der Waals surface area contributed by atoms with Crippen LogP contribution in [0.1, 0.15) is 54.4 Å². The van der Waals surface area contributed by atoms with Crippen LogP contribution in [0.5, 0.6) is 0 Å². The molecule has 3 N–H and O–H groups in total. The minimum absolute atomic E-state index is 0. The molecule has 3 rings (SSSR count). The number of hydrogen-bond acceptors (Lipinski definition) is 3. The fraction of sp³-hybridized carbons (Fsp3) is 0.591.